The van der Waals surface area contributed by atoms with Crippen LogP contribution in [0.1, 0.15) is 11.1 Å². The van der Waals surface area contributed by atoms with Crippen molar-refractivity contribution >= 4 is 45.7 Å². The molecule has 3 amide bonds. The summed E-state index contributed by atoms with van der Waals surface area (Å²) in [6.07, 6.45) is 2.24. The maximum atomic E-state index is 14.3. The van der Waals surface area contributed by atoms with Crippen LogP contribution in [0.2, 0.25) is 0 Å². The van der Waals surface area contributed by atoms with Gasteiger partial charge in [-0.3, -0.25) is 29.8 Å². The first kappa shape index (κ1) is 24.0. The maximum absolute atomic E-state index is 14.3. The molecular formula is C29H23N5O6. The van der Waals surface area contributed by atoms with Crippen molar-refractivity contribution in [1.82, 2.24) is 10.3 Å². The highest BCUT2D eigenvalue weighted by Crippen LogP contribution is 2.54. The number of carbonyl (C=O) groups is 3. The molecule has 0 aliphatic carbocycles. The third-order valence-electron chi connectivity index (χ3n) is 8.35. The van der Waals surface area contributed by atoms with Crippen LogP contribution >= 0.6 is 0 Å². The highest BCUT2D eigenvalue weighted by atomic mass is 16.6. The number of para-hydroxylation sites is 2. The highest BCUT2D eigenvalue weighted by Gasteiger charge is 2.70. The summed E-state index contributed by atoms with van der Waals surface area (Å²) in [5.41, 5.74) is 1.22. The fraction of sp³-hybridized carbons (Fsp3) is 0.207. The number of nitro benzene ring substituents is 1. The molecule has 1 spiro atoms. The van der Waals surface area contributed by atoms with Crippen molar-refractivity contribution in [2.45, 2.75) is 18.0 Å². The van der Waals surface area contributed by atoms with Crippen LogP contribution in [0, 0.1) is 22.0 Å². The van der Waals surface area contributed by atoms with Gasteiger partial charge in [0.15, 0.2) is 0 Å². The number of non-ortho nitro benzene ring substituents is 1. The summed E-state index contributed by atoms with van der Waals surface area (Å²) in [7, 11) is 1.36. The summed E-state index contributed by atoms with van der Waals surface area (Å²) < 4.78 is 5.40. The summed E-state index contributed by atoms with van der Waals surface area (Å²) >= 11 is 0. The van der Waals surface area contributed by atoms with Crippen molar-refractivity contribution in [3.63, 3.8) is 0 Å². The number of carbonyl (C=O) groups excluding carboxylic acids is 3. The molecule has 7 rings (SSSR count). The van der Waals surface area contributed by atoms with Gasteiger partial charge in [0.2, 0.25) is 17.7 Å². The number of methoxy groups -OCH3 is 1. The molecule has 1 aromatic heterocycles. The fourth-order valence-electron chi connectivity index (χ4n) is 6.67. The van der Waals surface area contributed by atoms with Crippen molar-refractivity contribution in [3.05, 3.63) is 94.2 Å². The number of hydrogen-bond donors (Lipinski definition) is 3. The van der Waals surface area contributed by atoms with Crippen molar-refractivity contribution in [1.29, 1.82) is 0 Å². The lowest BCUT2D eigenvalue weighted by Crippen LogP contribution is -2.53. The number of nitrogens with zero attached hydrogens (tertiary/aromatic N) is 2. The predicted octanol–water partition coefficient (Wildman–Crippen LogP) is 3.25. The molecule has 4 aromatic rings. The standard InChI is InChI=1S/C29H23N5O6/c1-40-23-11-10-16(34(38)39)13-22(23)33-26(35)24-21(12-15-14-30-19-8-4-2-6-17(15)19)32-29(25(24)27(33)36)18-7-3-5-9-20(18)31-28(29)37/h2-11,13-14,21,24-25,30,32H,12H2,1H3,(H,31,37)/t21-,24+,25-,29-/m0/s1. The van der Waals surface area contributed by atoms with E-state index in [1.165, 1.54) is 19.2 Å². The monoisotopic (exact) mass is 537 g/mol. The molecule has 2 saturated heterocycles. The Morgan fingerprint density at radius 1 is 1.02 bits per heavy atom. The molecule has 4 atom stereocenters. The van der Waals surface area contributed by atoms with Crippen LogP contribution in [-0.4, -0.2) is 40.8 Å². The molecule has 4 heterocycles. The first-order valence-electron chi connectivity index (χ1n) is 12.8. The van der Waals surface area contributed by atoms with Crippen molar-refractivity contribution in [2.24, 2.45) is 11.8 Å². The molecule has 0 radical (unpaired) electrons. The van der Waals surface area contributed by atoms with Gasteiger partial charge >= 0.3 is 0 Å². The van der Waals surface area contributed by atoms with Crippen LogP contribution in [0.3, 0.4) is 0 Å². The van der Waals surface area contributed by atoms with E-state index in [-0.39, 0.29) is 17.1 Å². The second-order valence-corrected chi connectivity index (χ2v) is 10.3. The Bertz CT molecular complexity index is 1760. The molecular weight excluding hydrogens is 514 g/mol. The summed E-state index contributed by atoms with van der Waals surface area (Å²) in [5, 5.41) is 18.9. The van der Waals surface area contributed by atoms with Crippen LogP contribution in [0.4, 0.5) is 17.1 Å². The molecule has 0 unspecified atom stereocenters. The number of amides is 3. The van der Waals surface area contributed by atoms with Gasteiger partial charge in [-0.1, -0.05) is 36.4 Å². The van der Waals surface area contributed by atoms with E-state index in [0.29, 0.717) is 17.7 Å². The largest absolute Gasteiger partial charge is 0.495 e. The number of nitro groups is 1. The van der Waals surface area contributed by atoms with Gasteiger partial charge in [0.1, 0.15) is 17.0 Å². The summed E-state index contributed by atoms with van der Waals surface area (Å²) in [4.78, 5) is 57.4. The number of benzene rings is 3. The van der Waals surface area contributed by atoms with Gasteiger partial charge in [-0.15, -0.1) is 0 Å². The number of aromatic amines is 1. The summed E-state index contributed by atoms with van der Waals surface area (Å²) in [5.74, 6) is -3.43. The molecule has 3 aromatic carbocycles. The SMILES string of the molecule is COc1ccc([N+](=O)[O-])cc1N1C(=O)[C@@H]2[C@H](Cc3c[nH]c4ccccc34)N[C@]3(C(=O)Nc4ccccc43)[C@@H]2C1=O. The number of rotatable bonds is 5. The predicted molar refractivity (Wildman–Crippen MR) is 145 cm³/mol. The zero-order valence-electron chi connectivity index (χ0n) is 21.2. The van der Waals surface area contributed by atoms with E-state index in [0.717, 1.165) is 27.4 Å². The van der Waals surface area contributed by atoms with E-state index in [1.54, 1.807) is 24.3 Å². The average Bonchev–Trinajstić information content (AvgIpc) is 3.67. The number of anilines is 2. The third kappa shape index (κ3) is 3.12. The van der Waals surface area contributed by atoms with Gasteiger partial charge in [0, 0.05) is 46.5 Å². The number of H-pyrrole nitrogens is 1. The number of ether oxygens (including phenoxy) is 1. The quantitative estimate of drug-likeness (QED) is 0.201. The van der Waals surface area contributed by atoms with Crippen LogP contribution in [0.25, 0.3) is 10.9 Å². The van der Waals surface area contributed by atoms with E-state index in [4.69, 9.17) is 4.74 Å². The van der Waals surface area contributed by atoms with E-state index in [2.05, 4.69) is 15.6 Å². The van der Waals surface area contributed by atoms with E-state index in [1.807, 2.05) is 30.5 Å². The summed E-state index contributed by atoms with van der Waals surface area (Å²) in [6, 6.07) is 18.1. The van der Waals surface area contributed by atoms with Crippen LogP contribution in [0.15, 0.2) is 72.9 Å². The first-order valence-corrected chi connectivity index (χ1v) is 12.8. The Hall–Kier alpha value is -5.03. The fourth-order valence-corrected chi connectivity index (χ4v) is 6.67. The highest BCUT2D eigenvalue weighted by molar-refractivity contribution is 6.26. The minimum absolute atomic E-state index is 0.0196. The molecule has 3 aliphatic heterocycles. The normalized spacial score (nSPS) is 25.0. The molecule has 40 heavy (non-hydrogen) atoms. The zero-order valence-corrected chi connectivity index (χ0v) is 21.2. The number of aromatic nitrogens is 1. The Morgan fingerprint density at radius 3 is 2.60 bits per heavy atom. The number of imide groups is 1. The molecule has 11 nitrogen and oxygen atoms in total. The third-order valence-corrected chi connectivity index (χ3v) is 8.35. The average molecular weight is 538 g/mol. The van der Waals surface area contributed by atoms with Crippen LogP contribution in [0.5, 0.6) is 5.75 Å². The number of fused-ring (bicyclic) bond motifs is 5. The van der Waals surface area contributed by atoms with Gasteiger partial charge < -0.3 is 15.0 Å². The second-order valence-electron chi connectivity index (χ2n) is 10.3. The molecule has 0 saturated carbocycles. The minimum atomic E-state index is -1.49. The smallest absolute Gasteiger partial charge is 0.271 e. The van der Waals surface area contributed by atoms with Crippen LogP contribution < -0.4 is 20.3 Å². The van der Waals surface area contributed by atoms with E-state index >= 15 is 0 Å². The Kier molecular flexibility index (Phi) is 5.10. The lowest BCUT2D eigenvalue weighted by Gasteiger charge is -2.29. The minimum Gasteiger partial charge on any atom is -0.495 e. The van der Waals surface area contributed by atoms with Crippen molar-refractivity contribution < 1.29 is 24.0 Å². The van der Waals surface area contributed by atoms with Crippen molar-refractivity contribution in [3.8, 4) is 5.75 Å². The van der Waals surface area contributed by atoms with Gasteiger partial charge in [0.05, 0.1) is 23.9 Å². The van der Waals surface area contributed by atoms with Gasteiger partial charge in [-0.05, 0) is 30.2 Å². The van der Waals surface area contributed by atoms with Gasteiger partial charge in [-0.2, -0.15) is 0 Å². The topological polar surface area (TPSA) is 147 Å². The van der Waals surface area contributed by atoms with Gasteiger partial charge in [-0.25, -0.2) is 4.90 Å². The lowest BCUT2D eigenvalue weighted by molar-refractivity contribution is -0.384. The molecule has 3 N–H and O–H groups in total. The molecule has 11 heteroatoms. The van der Waals surface area contributed by atoms with Crippen molar-refractivity contribution in [2.75, 3.05) is 17.3 Å². The molecule has 2 fully saturated rings. The molecule has 0 bridgehead atoms. The van der Waals surface area contributed by atoms with Crippen LogP contribution in [-0.2, 0) is 26.3 Å². The molecule has 3 aliphatic rings. The first-order chi connectivity index (χ1) is 19.3. The number of nitrogens with one attached hydrogen (secondary N) is 3. The second kappa shape index (κ2) is 8.48. The zero-order chi connectivity index (χ0) is 27.8. The lowest BCUT2D eigenvalue weighted by atomic mass is 9.76. The summed E-state index contributed by atoms with van der Waals surface area (Å²) in [6.45, 7) is 0. The Labute approximate surface area is 227 Å². The van der Waals surface area contributed by atoms with E-state index < -0.39 is 46.1 Å². The molecule has 200 valence electrons. The number of hydrogen-bond acceptors (Lipinski definition) is 7. The Morgan fingerprint density at radius 2 is 1.80 bits per heavy atom. The maximum Gasteiger partial charge on any atom is 0.271 e. The Balaban J connectivity index is 1.39. The van der Waals surface area contributed by atoms with Gasteiger partial charge in [0.25, 0.3) is 5.69 Å². The van der Waals surface area contributed by atoms with E-state index in [9.17, 15) is 24.5 Å².